The maximum Gasteiger partial charge on any atom is 0.185 e. The summed E-state index contributed by atoms with van der Waals surface area (Å²) in [4.78, 5) is 15.7. The van der Waals surface area contributed by atoms with Crippen LogP contribution < -0.4 is 0 Å². The molecule has 2 fully saturated rings. The molecule has 2 aliphatic rings. The van der Waals surface area contributed by atoms with Gasteiger partial charge in [-0.25, -0.2) is 0 Å². The van der Waals surface area contributed by atoms with Gasteiger partial charge >= 0.3 is 0 Å². The summed E-state index contributed by atoms with van der Waals surface area (Å²) < 4.78 is 5.45. The van der Waals surface area contributed by atoms with E-state index in [1.165, 1.54) is 45.3 Å². The van der Waals surface area contributed by atoms with Gasteiger partial charge in [0.1, 0.15) is 5.76 Å². The van der Waals surface area contributed by atoms with Gasteiger partial charge in [-0.1, -0.05) is 0 Å². The lowest BCUT2D eigenvalue weighted by Crippen LogP contribution is -2.37. The van der Waals surface area contributed by atoms with Crippen LogP contribution in [0.25, 0.3) is 0 Å². The fraction of sp³-hybridized carbons (Fsp3) is 0.688. The molecule has 0 bridgehead atoms. The summed E-state index contributed by atoms with van der Waals surface area (Å²) in [6, 6.07) is 3.67. The molecule has 0 amide bonds. The summed E-state index contributed by atoms with van der Waals surface area (Å²) in [7, 11) is 0. The standard InChI is InChI=1S/C16H24N2O2/c19-13-16-4-3-15(20-16)12-18-9-5-14(6-10-18)11-17-7-1-2-8-17/h3-4,13-14H,1-2,5-12H2. The average Bonchev–Trinajstić information content (AvgIpc) is 3.12. The van der Waals surface area contributed by atoms with E-state index in [2.05, 4.69) is 9.80 Å². The molecule has 0 spiro atoms. The minimum absolute atomic E-state index is 0.434. The highest BCUT2D eigenvalue weighted by Crippen LogP contribution is 2.22. The number of piperidine rings is 1. The molecular formula is C16H24N2O2. The Balaban J connectivity index is 1.42. The zero-order chi connectivity index (χ0) is 13.8. The van der Waals surface area contributed by atoms with Gasteiger partial charge in [-0.2, -0.15) is 0 Å². The number of likely N-dealkylation sites (tertiary alicyclic amines) is 2. The largest absolute Gasteiger partial charge is 0.457 e. The van der Waals surface area contributed by atoms with Gasteiger partial charge in [-0.15, -0.1) is 0 Å². The smallest absolute Gasteiger partial charge is 0.185 e. The molecule has 0 unspecified atom stereocenters. The third kappa shape index (κ3) is 3.49. The fourth-order valence-corrected chi connectivity index (χ4v) is 3.42. The molecule has 2 aliphatic heterocycles. The summed E-state index contributed by atoms with van der Waals surface area (Å²) in [5.74, 6) is 2.21. The molecule has 0 atom stereocenters. The Kier molecular flexibility index (Phi) is 4.53. The van der Waals surface area contributed by atoms with E-state index in [4.69, 9.17) is 4.42 Å². The van der Waals surface area contributed by atoms with Crippen LogP contribution in [0.1, 0.15) is 42.0 Å². The molecule has 3 heterocycles. The normalized spacial score (nSPS) is 22.4. The van der Waals surface area contributed by atoms with Crippen LogP contribution in [0, 0.1) is 5.92 Å². The van der Waals surface area contributed by atoms with Crippen molar-refractivity contribution in [2.24, 2.45) is 5.92 Å². The van der Waals surface area contributed by atoms with Crippen molar-refractivity contribution in [2.75, 3.05) is 32.7 Å². The van der Waals surface area contributed by atoms with Gasteiger partial charge in [-0.05, 0) is 69.9 Å². The first kappa shape index (κ1) is 13.8. The average molecular weight is 276 g/mol. The first-order valence-corrected chi connectivity index (χ1v) is 7.82. The van der Waals surface area contributed by atoms with Gasteiger partial charge in [0, 0.05) is 6.54 Å². The van der Waals surface area contributed by atoms with Crippen molar-refractivity contribution in [3.63, 3.8) is 0 Å². The van der Waals surface area contributed by atoms with Crippen molar-refractivity contribution < 1.29 is 9.21 Å². The Morgan fingerprint density at radius 2 is 1.85 bits per heavy atom. The van der Waals surface area contributed by atoms with Gasteiger partial charge in [-0.3, -0.25) is 9.69 Å². The third-order valence-corrected chi connectivity index (χ3v) is 4.60. The number of rotatable bonds is 5. The van der Waals surface area contributed by atoms with Crippen molar-refractivity contribution in [1.82, 2.24) is 9.80 Å². The van der Waals surface area contributed by atoms with Crippen LogP contribution in [0.5, 0.6) is 0 Å². The summed E-state index contributed by atoms with van der Waals surface area (Å²) in [6.07, 6.45) is 6.12. The third-order valence-electron chi connectivity index (χ3n) is 4.60. The lowest BCUT2D eigenvalue weighted by atomic mass is 9.96. The number of nitrogens with zero attached hydrogens (tertiary/aromatic N) is 2. The maximum atomic E-state index is 10.6. The summed E-state index contributed by atoms with van der Waals surface area (Å²) >= 11 is 0. The molecule has 0 aliphatic carbocycles. The second-order valence-corrected chi connectivity index (χ2v) is 6.15. The molecule has 1 aromatic heterocycles. The molecule has 0 aromatic carbocycles. The van der Waals surface area contributed by atoms with Crippen LogP contribution in [0.4, 0.5) is 0 Å². The second kappa shape index (κ2) is 6.55. The molecule has 1 aromatic rings. The van der Waals surface area contributed by atoms with E-state index in [9.17, 15) is 4.79 Å². The number of aldehydes is 1. The summed E-state index contributed by atoms with van der Waals surface area (Å²) in [6.45, 7) is 7.04. The van der Waals surface area contributed by atoms with Crippen molar-refractivity contribution >= 4 is 6.29 Å². The van der Waals surface area contributed by atoms with Crippen molar-refractivity contribution in [1.29, 1.82) is 0 Å². The highest BCUT2D eigenvalue weighted by molar-refractivity contribution is 5.70. The van der Waals surface area contributed by atoms with E-state index in [0.29, 0.717) is 5.76 Å². The quantitative estimate of drug-likeness (QED) is 0.774. The highest BCUT2D eigenvalue weighted by Gasteiger charge is 2.23. The van der Waals surface area contributed by atoms with Gasteiger partial charge in [0.2, 0.25) is 0 Å². The van der Waals surface area contributed by atoms with Crippen LogP contribution in [-0.2, 0) is 6.54 Å². The monoisotopic (exact) mass is 276 g/mol. The number of hydrogen-bond donors (Lipinski definition) is 0. The highest BCUT2D eigenvalue weighted by atomic mass is 16.3. The molecule has 4 nitrogen and oxygen atoms in total. The Bertz CT molecular complexity index is 429. The Morgan fingerprint density at radius 3 is 2.50 bits per heavy atom. The molecule has 20 heavy (non-hydrogen) atoms. The van der Waals surface area contributed by atoms with Gasteiger partial charge in [0.05, 0.1) is 6.54 Å². The van der Waals surface area contributed by atoms with Gasteiger partial charge < -0.3 is 9.32 Å². The molecule has 0 N–H and O–H groups in total. The molecular weight excluding hydrogens is 252 g/mol. The van der Waals surface area contributed by atoms with E-state index < -0.39 is 0 Å². The van der Waals surface area contributed by atoms with Crippen LogP contribution in [0.3, 0.4) is 0 Å². The minimum Gasteiger partial charge on any atom is -0.457 e. The number of hydrogen-bond acceptors (Lipinski definition) is 4. The lowest BCUT2D eigenvalue weighted by Gasteiger charge is -2.33. The van der Waals surface area contributed by atoms with Gasteiger partial charge in [0.15, 0.2) is 12.0 Å². The Morgan fingerprint density at radius 1 is 1.10 bits per heavy atom. The van der Waals surface area contributed by atoms with E-state index in [1.54, 1.807) is 6.07 Å². The predicted molar refractivity (Wildman–Crippen MR) is 77.8 cm³/mol. The summed E-state index contributed by atoms with van der Waals surface area (Å²) in [5, 5.41) is 0. The molecule has 0 radical (unpaired) electrons. The number of carbonyl (C=O) groups excluding carboxylic acids is 1. The van der Waals surface area contributed by atoms with Crippen molar-refractivity contribution in [3.05, 3.63) is 23.7 Å². The number of furan rings is 1. The first-order valence-electron chi connectivity index (χ1n) is 7.82. The van der Waals surface area contributed by atoms with Crippen LogP contribution in [-0.4, -0.2) is 48.8 Å². The SMILES string of the molecule is O=Cc1ccc(CN2CCC(CN3CCCC3)CC2)o1. The maximum absolute atomic E-state index is 10.6. The zero-order valence-corrected chi connectivity index (χ0v) is 12.1. The molecule has 0 saturated carbocycles. The van der Waals surface area contributed by atoms with E-state index >= 15 is 0 Å². The molecule has 3 rings (SSSR count). The van der Waals surface area contributed by atoms with E-state index in [0.717, 1.165) is 37.6 Å². The topological polar surface area (TPSA) is 36.7 Å². The van der Waals surface area contributed by atoms with Crippen molar-refractivity contribution in [3.8, 4) is 0 Å². The van der Waals surface area contributed by atoms with Crippen LogP contribution >= 0.6 is 0 Å². The first-order chi connectivity index (χ1) is 9.83. The number of carbonyl (C=O) groups is 1. The molecule has 110 valence electrons. The molecule has 2 saturated heterocycles. The van der Waals surface area contributed by atoms with Crippen LogP contribution in [0.15, 0.2) is 16.5 Å². The zero-order valence-electron chi connectivity index (χ0n) is 12.1. The van der Waals surface area contributed by atoms with Crippen molar-refractivity contribution in [2.45, 2.75) is 32.2 Å². The predicted octanol–water partition coefficient (Wildman–Crippen LogP) is 2.40. The fourth-order valence-electron chi connectivity index (χ4n) is 3.42. The molecule has 4 heteroatoms. The Labute approximate surface area is 120 Å². The minimum atomic E-state index is 0.434. The second-order valence-electron chi connectivity index (χ2n) is 6.15. The summed E-state index contributed by atoms with van der Waals surface area (Å²) in [5.41, 5.74) is 0. The van der Waals surface area contributed by atoms with Crippen LogP contribution in [0.2, 0.25) is 0 Å². The Hall–Kier alpha value is -1.13. The van der Waals surface area contributed by atoms with Gasteiger partial charge in [0.25, 0.3) is 0 Å². The van der Waals surface area contributed by atoms with E-state index in [-0.39, 0.29) is 0 Å². The van der Waals surface area contributed by atoms with E-state index in [1.807, 2.05) is 6.07 Å². The lowest BCUT2D eigenvalue weighted by molar-refractivity contribution is 0.109.